The van der Waals surface area contributed by atoms with E-state index < -0.39 is 0 Å². The summed E-state index contributed by atoms with van der Waals surface area (Å²) >= 11 is 0. The first-order chi connectivity index (χ1) is 12.8. The summed E-state index contributed by atoms with van der Waals surface area (Å²) in [6.07, 6.45) is 6.58. The van der Waals surface area contributed by atoms with Crippen molar-refractivity contribution in [2.45, 2.75) is 32.9 Å². The van der Waals surface area contributed by atoms with Crippen molar-refractivity contribution in [3.8, 4) is 11.4 Å². The van der Waals surface area contributed by atoms with Gasteiger partial charge < -0.3 is 4.57 Å². The maximum absolute atomic E-state index is 4.58. The average molecular weight is 345 g/mol. The number of piperidine rings is 1. The van der Waals surface area contributed by atoms with Crippen LogP contribution in [-0.4, -0.2) is 27.5 Å². The molecule has 0 radical (unpaired) electrons. The van der Waals surface area contributed by atoms with Crippen LogP contribution < -0.4 is 0 Å². The molecule has 3 heteroatoms. The summed E-state index contributed by atoms with van der Waals surface area (Å²) in [7, 11) is 0. The first kappa shape index (κ1) is 17.0. The lowest BCUT2D eigenvalue weighted by Crippen LogP contribution is -2.34. The molecule has 2 aromatic carbocycles. The third-order valence-electron chi connectivity index (χ3n) is 5.44. The van der Waals surface area contributed by atoms with Crippen molar-refractivity contribution < 1.29 is 0 Å². The Morgan fingerprint density at radius 2 is 1.69 bits per heavy atom. The third-order valence-corrected chi connectivity index (χ3v) is 5.44. The molecule has 0 N–H and O–H groups in total. The van der Waals surface area contributed by atoms with Gasteiger partial charge in [0, 0.05) is 31.0 Å². The Morgan fingerprint density at radius 3 is 2.42 bits per heavy atom. The predicted molar refractivity (Wildman–Crippen MR) is 107 cm³/mol. The molecule has 3 aromatic rings. The Hall–Kier alpha value is -2.39. The van der Waals surface area contributed by atoms with Gasteiger partial charge in [-0.15, -0.1) is 0 Å². The molecule has 0 saturated carbocycles. The summed E-state index contributed by atoms with van der Waals surface area (Å²) in [5.41, 5.74) is 3.96. The van der Waals surface area contributed by atoms with Crippen LogP contribution in [0.4, 0.5) is 0 Å². The Kier molecular flexibility index (Phi) is 5.16. The summed E-state index contributed by atoms with van der Waals surface area (Å²) in [4.78, 5) is 7.17. The Bertz CT molecular complexity index is 812. The zero-order chi connectivity index (χ0) is 17.8. The standard InChI is InChI=1S/C23H27N3/c1-19-7-9-20(10-8-19)17-25-14-11-21(12-15-25)18-26-16-13-24-23(26)22-5-3-2-4-6-22/h2-10,13,16,21H,11-12,14-15,17-18H2,1H3. The van der Waals surface area contributed by atoms with Gasteiger partial charge in [-0.2, -0.15) is 0 Å². The van der Waals surface area contributed by atoms with Crippen LogP contribution >= 0.6 is 0 Å². The van der Waals surface area contributed by atoms with Crippen molar-refractivity contribution in [2.24, 2.45) is 5.92 Å². The predicted octanol–water partition coefficient (Wildman–Crippen LogP) is 4.77. The van der Waals surface area contributed by atoms with E-state index in [0.29, 0.717) is 0 Å². The van der Waals surface area contributed by atoms with E-state index in [9.17, 15) is 0 Å². The highest BCUT2D eigenvalue weighted by atomic mass is 15.1. The number of aryl methyl sites for hydroxylation is 1. The molecule has 1 aliphatic rings. The molecule has 26 heavy (non-hydrogen) atoms. The lowest BCUT2D eigenvalue weighted by Gasteiger charge is -2.32. The van der Waals surface area contributed by atoms with Crippen LogP contribution in [-0.2, 0) is 13.1 Å². The van der Waals surface area contributed by atoms with E-state index >= 15 is 0 Å². The molecule has 0 spiro atoms. The molecule has 1 saturated heterocycles. The highest BCUT2D eigenvalue weighted by Gasteiger charge is 2.20. The summed E-state index contributed by atoms with van der Waals surface area (Å²) in [6.45, 7) is 6.67. The number of hydrogen-bond acceptors (Lipinski definition) is 2. The van der Waals surface area contributed by atoms with Crippen molar-refractivity contribution in [1.82, 2.24) is 14.5 Å². The zero-order valence-electron chi connectivity index (χ0n) is 15.5. The maximum atomic E-state index is 4.58. The van der Waals surface area contributed by atoms with E-state index in [1.54, 1.807) is 0 Å². The summed E-state index contributed by atoms with van der Waals surface area (Å²) in [5, 5.41) is 0. The van der Waals surface area contributed by atoms with Crippen LogP contribution in [0.25, 0.3) is 11.4 Å². The second-order valence-electron chi connectivity index (χ2n) is 7.47. The molecule has 1 fully saturated rings. The van der Waals surface area contributed by atoms with Crippen molar-refractivity contribution in [1.29, 1.82) is 0 Å². The number of imidazole rings is 1. The van der Waals surface area contributed by atoms with E-state index in [1.807, 2.05) is 6.20 Å². The fourth-order valence-corrected chi connectivity index (χ4v) is 3.86. The molecule has 0 amide bonds. The van der Waals surface area contributed by atoms with Gasteiger partial charge in [-0.05, 0) is 44.3 Å². The molecule has 3 nitrogen and oxygen atoms in total. The van der Waals surface area contributed by atoms with Gasteiger partial charge in [-0.25, -0.2) is 4.98 Å². The molecule has 0 bridgehead atoms. The van der Waals surface area contributed by atoms with Crippen LogP contribution in [0, 0.1) is 12.8 Å². The minimum atomic E-state index is 0.737. The number of rotatable bonds is 5. The smallest absolute Gasteiger partial charge is 0.139 e. The van der Waals surface area contributed by atoms with E-state index in [1.165, 1.54) is 42.6 Å². The average Bonchev–Trinajstić information content (AvgIpc) is 3.14. The van der Waals surface area contributed by atoms with Gasteiger partial charge in [-0.3, -0.25) is 4.90 Å². The van der Waals surface area contributed by atoms with Crippen LogP contribution in [0.15, 0.2) is 67.0 Å². The van der Waals surface area contributed by atoms with Gasteiger partial charge >= 0.3 is 0 Å². The number of aromatic nitrogens is 2. The maximum Gasteiger partial charge on any atom is 0.139 e. The molecule has 1 aromatic heterocycles. The van der Waals surface area contributed by atoms with Crippen LogP contribution in [0.5, 0.6) is 0 Å². The van der Waals surface area contributed by atoms with Crippen LogP contribution in [0.2, 0.25) is 0 Å². The number of likely N-dealkylation sites (tertiary alicyclic amines) is 1. The second kappa shape index (κ2) is 7.88. The zero-order valence-corrected chi connectivity index (χ0v) is 15.5. The number of benzene rings is 2. The van der Waals surface area contributed by atoms with E-state index in [-0.39, 0.29) is 0 Å². The first-order valence-electron chi connectivity index (χ1n) is 9.62. The SMILES string of the molecule is Cc1ccc(CN2CCC(Cn3ccnc3-c3ccccc3)CC2)cc1. The van der Waals surface area contributed by atoms with E-state index in [0.717, 1.165) is 24.8 Å². The Labute approximate surface area is 156 Å². The lowest BCUT2D eigenvalue weighted by molar-refractivity contribution is 0.167. The molecule has 0 aliphatic carbocycles. The number of nitrogens with zero attached hydrogens (tertiary/aromatic N) is 3. The molecule has 0 atom stereocenters. The van der Waals surface area contributed by atoms with Gasteiger partial charge in [0.25, 0.3) is 0 Å². The lowest BCUT2D eigenvalue weighted by atomic mass is 9.96. The molecule has 134 valence electrons. The Balaban J connectivity index is 1.33. The largest absolute Gasteiger partial charge is 0.331 e. The molecule has 2 heterocycles. The van der Waals surface area contributed by atoms with Crippen molar-refractivity contribution in [2.75, 3.05) is 13.1 Å². The van der Waals surface area contributed by atoms with Crippen molar-refractivity contribution >= 4 is 0 Å². The van der Waals surface area contributed by atoms with Crippen LogP contribution in [0.3, 0.4) is 0 Å². The monoisotopic (exact) mass is 345 g/mol. The first-order valence-corrected chi connectivity index (χ1v) is 9.62. The number of hydrogen-bond donors (Lipinski definition) is 0. The highest BCUT2D eigenvalue weighted by Crippen LogP contribution is 2.24. The molecule has 4 rings (SSSR count). The molecular formula is C23H27N3. The highest BCUT2D eigenvalue weighted by molar-refractivity contribution is 5.55. The fourth-order valence-electron chi connectivity index (χ4n) is 3.86. The van der Waals surface area contributed by atoms with E-state index in [4.69, 9.17) is 0 Å². The quantitative estimate of drug-likeness (QED) is 0.664. The van der Waals surface area contributed by atoms with E-state index in [2.05, 4.69) is 82.2 Å². The summed E-state index contributed by atoms with van der Waals surface area (Å²) in [5.74, 6) is 1.83. The molecule has 0 unspecified atom stereocenters. The van der Waals surface area contributed by atoms with Gasteiger partial charge in [-0.1, -0.05) is 60.2 Å². The Morgan fingerprint density at radius 1 is 0.962 bits per heavy atom. The van der Waals surface area contributed by atoms with Gasteiger partial charge in [0.1, 0.15) is 5.82 Å². The van der Waals surface area contributed by atoms with Gasteiger partial charge in [0.15, 0.2) is 0 Å². The molecule has 1 aliphatic heterocycles. The molecular weight excluding hydrogens is 318 g/mol. The fraction of sp³-hybridized carbons (Fsp3) is 0.348. The third kappa shape index (κ3) is 4.05. The van der Waals surface area contributed by atoms with Crippen molar-refractivity contribution in [3.05, 3.63) is 78.1 Å². The van der Waals surface area contributed by atoms with Gasteiger partial charge in [0.05, 0.1) is 0 Å². The van der Waals surface area contributed by atoms with Crippen LogP contribution in [0.1, 0.15) is 24.0 Å². The van der Waals surface area contributed by atoms with Crippen molar-refractivity contribution in [3.63, 3.8) is 0 Å². The minimum Gasteiger partial charge on any atom is -0.331 e. The normalized spacial score (nSPS) is 16.0. The summed E-state index contributed by atoms with van der Waals surface area (Å²) < 4.78 is 2.33. The minimum absolute atomic E-state index is 0.737. The second-order valence-corrected chi connectivity index (χ2v) is 7.47. The summed E-state index contributed by atoms with van der Waals surface area (Å²) in [6, 6.07) is 19.5. The van der Waals surface area contributed by atoms with Gasteiger partial charge in [0.2, 0.25) is 0 Å². The topological polar surface area (TPSA) is 21.1 Å².